The van der Waals surface area contributed by atoms with Crippen LogP contribution in [0.5, 0.6) is 0 Å². The van der Waals surface area contributed by atoms with Gasteiger partial charge in [-0.15, -0.1) is 0 Å². The summed E-state index contributed by atoms with van der Waals surface area (Å²) < 4.78 is 4.65. The Morgan fingerprint density at radius 3 is 2.69 bits per heavy atom. The third kappa shape index (κ3) is 2.05. The van der Waals surface area contributed by atoms with E-state index in [4.69, 9.17) is 0 Å². The van der Waals surface area contributed by atoms with E-state index in [-0.39, 0.29) is 0 Å². The molecule has 0 aliphatic carbocycles. The number of nitrogens with one attached hydrogen (secondary N) is 1. The lowest BCUT2D eigenvalue weighted by molar-refractivity contribution is 0.301. The molecular weight excluding hydrogens is 202 g/mol. The Kier molecular flexibility index (Phi) is 2.90. The van der Waals surface area contributed by atoms with Crippen LogP contribution in [0.4, 0.5) is 5.69 Å². The fourth-order valence-electron chi connectivity index (χ4n) is 1.53. The predicted octanol–water partition coefficient (Wildman–Crippen LogP) is 2.61. The lowest BCUT2D eigenvalue weighted by atomic mass is 10.1. The molecule has 0 bridgehead atoms. The van der Waals surface area contributed by atoms with E-state index in [9.17, 15) is 0 Å². The molecule has 2 aromatic rings. The molecule has 1 aromatic heterocycles. The van der Waals surface area contributed by atoms with Crippen LogP contribution in [0, 0.1) is 20.8 Å². The van der Waals surface area contributed by atoms with Crippen LogP contribution in [0.25, 0.3) is 0 Å². The monoisotopic (exact) mass is 217 g/mol. The summed E-state index contributed by atoms with van der Waals surface area (Å²) in [6.07, 6.45) is 0. The minimum absolute atomic E-state index is 0.639. The maximum absolute atomic E-state index is 4.65. The van der Waals surface area contributed by atoms with Crippen molar-refractivity contribution in [1.82, 2.24) is 10.3 Å². The topological polar surface area (TPSA) is 51.0 Å². The Morgan fingerprint density at radius 1 is 1.19 bits per heavy atom. The van der Waals surface area contributed by atoms with Crippen LogP contribution in [-0.4, -0.2) is 10.3 Å². The lowest BCUT2D eigenvalue weighted by Crippen LogP contribution is -2.03. The quantitative estimate of drug-likeness (QED) is 0.858. The zero-order valence-corrected chi connectivity index (χ0v) is 9.74. The van der Waals surface area contributed by atoms with E-state index in [0.29, 0.717) is 6.54 Å². The molecule has 0 atom stereocenters. The summed E-state index contributed by atoms with van der Waals surface area (Å²) in [7, 11) is 0. The number of hydrogen-bond acceptors (Lipinski definition) is 4. The van der Waals surface area contributed by atoms with Gasteiger partial charge in [0.05, 0.1) is 6.54 Å². The molecule has 1 N–H and O–H groups in total. The maximum atomic E-state index is 4.65. The second-order valence-electron chi connectivity index (χ2n) is 3.90. The Balaban J connectivity index is 2.11. The molecule has 0 radical (unpaired) electrons. The Bertz CT molecular complexity index is 491. The summed E-state index contributed by atoms with van der Waals surface area (Å²) in [5, 5.41) is 10.9. The number of aryl methyl sites for hydroxylation is 2. The van der Waals surface area contributed by atoms with Crippen molar-refractivity contribution in [1.29, 1.82) is 0 Å². The molecule has 0 unspecified atom stereocenters. The molecular formula is C12H15N3O. The smallest absolute Gasteiger partial charge is 0.127 e. The summed E-state index contributed by atoms with van der Waals surface area (Å²) in [4.78, 5) is 0. The average Bonchev–Trinajstić information content (AvgIpc) is 2.67. The zero-order chi connectivity index (χ0) is 11.5. The lowest BCUT2D eigenvalue weighted by Gasteiger charge is -2.09. The highest BCUT2D eigenvalue weighted by molar-refractivity contribution is 5.53. The number of nitrogens with zero attached hydrogens (tertiary/aromatic N) is 2. The fraction of sp³-hybridized carbons (Fsp3) is 0.333. The molecule has 2 rings (SSSR count). The van der Waals surface area contributed by atoms with Crippen LogP contribution in [0.15, 0.2) is 22.8 Å². The number of benzene rings is 1. The van der Waals surface area contributed by atoms with Crippen LogP contribution in [0.2, 0.25) is 0 Å². The minimum Gasteiger partial charge on any atom is -0.379 e. The third-order valence-electron chi connectivity index (χ3n) is 2.80. The first-order valence-electron chi connectivity index (χ1n) is 5.26. The standard InChI is InChI=1S/C12H15N3O/c1-8-5-4-6-11(9(8)2)13-7-12-10(3)14-16-15-12/h4-6,13H,7H2,1-3H3. The van der Waals surface area contributed by atoms with Gasteiger partial charge in [-0.25, -0.2) is 4.63 Å². The van der Waals surface area contributed by atoms with Gasteiger partial charge in [0.15, 0.2) is 0 Å². The second-order valence-corrected chi connectivity index (χ2v) is 3.90. The van der Waals surface area contributed by atoms with Crippen molar-refractivity contribution in [3.8, 4) is 0 Å². The SMILES string of the molecule is Cc1cccc(NCc2nonc2C)c1C. The summed E-state index contributed by atoms with van der Waals surface area (Å²) in [5.41, 5.74) is 5.35. The highest BCUT2D eigenvalue weighted by Gasteiger charge is 2.05. The average molecular weight is 217 g/mol. The van der Waals surface area contributed by atoms with E-state index >= 15 is 0 Å². The van der Waals surface area contributed by atoms with Gasteiger partial charge in [0.25, 0.3) is 0 Å². The Hall–Kier alpha value is -1.84. The van der Waals surface area contributed by atoms with Crippen molar-refractivity contribution in [2.75, 3.05) is 5.32 Å². The molecule has 0 spiro atoms. The molecule has 1 heterocycles. The van der Waals surface area contributed by atoms with Crippen molar-refractivity contribution in [3.63, 3.8) is 0 Å². The fourth-order valence-corrected chi connectivity index (χ4v) is 1.53. The van der Waals surface area contributed by atoms with E-state index in [1.807, 2.05) is 13.0 Å². The van der Waals surface area contributed by atoms with Gasteiger partial charge in [0.2, 0.25) is 0 Å². The Labute approximate surface area is 94.6 Å². The van der Waals surface area contributed by atoms with E-state index in [1.54, 1.807) is 0 Å². The molecule has 0 amide bonds. The molecule has 0 aliphatic rings. The van der Waals surface area contributed by atoms with E-state index in [2.05, 4.69) is 46.2 Å². The summed E-state index contributed by atoms with van der Waals surface area (Å²) in [5.74, 6) is 0. The van der Waals surface area contributed by atoms with Crippen molar-refractivity contribution in [3.05, 3.63) is 40.7 Å². The van der Waals surface area contributed by atoms with Gasteiger partial charge in [0.1, 0.15) is 11.4 Å². The molecule has 0 saturated carbocycles. The van der Waals surface area contributed by atoms with Gasteiger partial charge < -0.3 is 5.32 Å². The van der Waals surface area contributed by atoms with Crippen LogP contribution >= 0.6 is 0 Å². The zero-order valence-electron chi connectivity index (χ0n) is 9.74. The van der Waals surface area contributed by atoms with Gasteiger partial charge in [-0.2, -0.15) is 0 Å². The number of anilines is 1. The Morgan fingerprint density at radius 2 is 2.00 bits per heavy atom. The van der Waals surface area contributed by atoms with Gasteiger partial charge in [0, 0.05) is 5.69 Å². The van der Waals surface area contributed by atoms with Crippen LogP contribution in [0.3, 0.4) is 0 Å². The number of aromatic nitrogens is 2. The van der Waals surface area contributed by atoms with Crippen LogP contribution < -0.4 is 5.32 Å². The first kappa shape index (κ1) is 10.7. The maximum Gasteiger partial charge on any atom is 0.127 e. The van der Waals surface area contributed by atoms with Crippen LogP contribution in [-0.2, 0) is 6.54 Å². The predicted molar refractivity (Wildman–Crippen MR) is 62.3 cm³/mol. The van der Waals surface area contributed by atoms with Crippen molar-refractivity contribution in [2.24, 2.45) is 0 Å². The first-order chi connectivity index (χ1) is 7.68. The molecule has 0 aliphatic heterocycles. The van der Waals surface area contributed by atoms with E-state index < -0.39 is 0 Å². The second kappa shape index (κ2) is 4.35. The molecule has 4 heteroatoms. The first-order valence-corrected chi connectivity index (χ1v) is 5.26. The molecule has 1 aromatic carbocycles. The molecule has 0 fully saturated rings. The third-order valence-corrected chi connectivity index (χ3v) is 2.80. The van der Waals surface area contributed by atoms with Crippen molar-refractivity contribution >= 4 is 5.69 Å². The summed E-state index contributed by atoms with van der Waals surface area (Å²) in [6.45, 7) is 6.73. The molecule has 84 valence electrons. The summed E-state index contributed by atoms with van der Waals surface area (Å²) in [6, 6.07) is 6.20. The van der Waals surface area contributed by atoms with Gasteiger partial charge in [-0.1, -0.05) is 22.4 Å². The van der Waals surface area contributed by atoms with Gasteiger partial charge >= 0.3 is 0 Å². The molecule has 16 heavy (non-hydrogen) atoms. The van der Waals surface area contributed by atoms with Crippen LogP contribution in [0.1, 0.15) is 22.5 Å². The largest absolute Gasteiger partial charge is 0.379 e. The highest BCUT2D eigenvalue weighted by atomic mass is 16.6. The van der Waals surface area contributed by atoms with Gasteiger partial charge in [-0.3, -0.25) is 0 Å². The molecule has 0 saturated heterocycles. The minimum atomic E-state index is 0.639. The van der Waals surface area contributed by atoms with Crippen molar-refractivity contribution in [2.45, 2.75) is 27.3 Å². The summed E-state index contributed by atoms with van der Waals surface area (Å²) >= 11 is 0. The number of hydrogen-bond donors (Lipinski definition) is 1. The normalized spacial score (nSPS) is 10.4. The van der Waals surface area contributed by atoms with Gasteiger partial charge in [-0.05, 0) is 38.0 Å². The molecule has 4 nitrogen and oxygen atoms in total. The van der Waals surface area contributed by atoms with E-state index in [1.165, 1.54) is 11.1 Å². The number of rotatable bonds is 3. The highest BCUT2D eigenvalue weighted by Crippen LogP contribution is 2.18. The van der Waals surface area contributed by atoms with E-state index in [0.717, 1.165) is 17.1 Å². The van der Waals surface area contributed by atoms with Crippen molar-refractivity contribution < 1.29 is 4.63 Å².